The number of hydrogen-bond donors (Lipinski definition) is 2. The second-order valence-corrected chi connectivity index (χ2v) is 5.52. The van der Waals surface area contributed by atoms with Crippen molar-refractivity contribution < 1.29 is 4.79 Å². The summed E-state index contributed by atoms with van der Waals surface area (Å²) in [6.45, 7) is 6.26. The molecule has 2 heterocycles. The van der Waals surface area contributed by atoms with Crippen LogP contribution in [0.4, 0.5) is 5.69 Å². The molecule has 2 N–H and O–H groups in total. The monoisotopic (exact) mass is 261 g/mol. The Bertz CT molecular complexity index is 410. The number of anilines is 1. The largest absolute Gasteiger partial charge is 0.325 e. The summed E-state index contributed by atoms with van der Waals surface area (Å²) in [5, 5.41) is 6.32. The highest BCUT2D eigenvalue weighted by Gasteiger charge is 2.21. The van der Waals surface area contributed by atoms with E-state index in [-0.39, 0.29) is 5.91 Å². The van der Waals surface area contributed by atoms with Crippen LogP contribution in [-0.4, -0.2) is 24.0 Å². The normalized spacial score (nSPS) is 20.8. The first-order valence-electron chi connectivity index (χ1n) is 7.08. The topological polar surface area (TPSA) is 54.0 Å². The first-order chi connectivity index (χ1) is 9.15. The van der Waals surface area contributed by atoms with Crippen LogP contribution in [0.15, 0.2) is 18.3 Å². The van der Waals surface area contributed by atoms with Crippen LogP contribution in [0.3, 0.4) is 0 Å². The van der Waals surface area contributed by atoms with Gasteiger partial charge in [0.2, 0.25) is 5.91 Å². The number of nitrogens with zero attached hydrogens (tertiary/aromatic N) is 1. The Kier molecular flexibility index (Phi) is 4.91. The minimum Gasteiger partial charge on any atom is -0.325 e. The fourth-order valence-corrected chi connectivity index (χ4v) is 2.58. The summed E-state index contributed by atoms with van der Waals surface area (Å²) in [4.78, 5) is 16.2. The molecule has 2 rings (SSSR count). The van der Waals surface area contributed by atoms with Crippen molar-refractivity contribution in [3.63, 3.8) is 0 Å². The van der Waals surface area contributed by atoms with Gasteiger partial charge in [0, 0.05) is 12.1 Å². The Morgan fingerprint density at radius 3 is 3.05 bits per heavy atom. The van der Waals surface area contributed by atoms with Gasteiger partial charge >= 0.3 is 0 Å². The average Bonchev–Trinajstić information content (AvgIpc) is 2.42. The summed E-state index contributed by atoms with van der Waals surface area (Å²) >= 11 is 0. The van der Waals surface area contributed by atoms with Crippen molar-refractivity contribution >= 4 is 11.6 Å². The highest BCUT2D eigenvalue weighted by molar-refractivity contribution is 5.90. The number of carbonyl (C=O) groups is 1. The summed E-state index contributed by atoms with van der Waals surface area (Å²) in [6, 6.07) is 3.80. The summed E-state index contributed by atoms with van der Waals surface area (Å²) in [6.07, 6.45) is 4.74. The van der Waals surface area contributed by atoms with E-state index in [0.717, 1.165) is 24.5 Å². The number of aromatic nitrogens is 1. The zero-order chi connectivity index (χ0) is 13.7. The molecule has 1 aliphatic heterocycles. The number of carbonyl (C=O) groups excluding carboxylic acids is 1. The Balaban J connectivity index is 1.81. The van der Waals surface area contributed by atoms with Crippen molar-refractivity contribution in [1.82, 2.24) is 10.3 Å². The average molecular weight is 261 g/mol. The number of nitrogens with one attached hydrogen (secondary N) is 2. The third-order valence-electron chi connectivity index (χ3n) is 3.84. The summed E-state index contributed by atoms with van der Waals surface area (Å²) in [5.74, 6) is 1.13. The van der Waals surface area contributed by atoms with Crippen LogP contribution < -0.4 is 10.6 Å². The maximum Gasteiger partial charge on any atom is 0.224 e. The van der Waals surface area contributed by atoms with E-state index in [0.29, 0.717) is 18.3 Å². The van der Waals surface area contributed by atoms with Crippen molar-refractivity contribution in [1.29, 1.82) is 0 Å². The van der Waals surface area contributed by atoms with Gasteiger partial charge in [-0.05, 0) is 56.8 Å². The van der Waals surface area contributed by atoms with E-state index >= 15 is 0 Å². The van der Waals surface area contributed by atoms with Gasteiger partial charge in [0.1, 0.15) is 0 Å². The van der Waals surface area contributed by atoms with E-state index < -0.39 is 0 Å². The molecule has 2 atom stereocenters. The van der Waals surface area contributed by atoms with Gasteiger partial charge in [-0.1, -0.05) is 6.92 Å². The highest BCUT2D eigenvalue weighted by atomic mass is 16.1. The van der Waals surface area contributed by atoms with Crippen molar-refractivity contribution in [3.05, 3.63) is 24.0 Å². The van der Waals surface area contributed by atoms with E-state index in [1.54, 1.807) is 6.20 Å². The van der Waals surface area contributed by atoms with Crippen LogP contribution in [-0.2, 0) is 4.79 Å². The zero-order valence-electron chi connectivity index (χ0n) is 11.8. The fourth-order valence-electron chi connectivity index (χ4n) is 2.58. The van der Waals surface area contributed by atoms with Gasteiger partial charge in [-0.25, -0.2) is 0 Å². The van der Waals surface area contributed by atoms with Gasteiger partial charge in [0.05, 0.1) is 11.9 Å². The maximum atomic E-state index is 12.0. The molecule has 1 aromatic heterocycles. The molecule has 1 aromatic rings. The predicted octanol–water partition coefficient (Wildman–Crippen LogP) is 2.35. The molecule has 2 unspecified atom stereocenters. The zero-order valence-corrected chi connectivity index (χ0v) is 11.8. The van der Waals surface area contributed by atoms with Crippen LogP contribution in [0, 0.1) is 18.8 Å². The first kappa shape index (κ1) is 14.0. The molecule has 1 fully saturated rings. The molecule has 19 heavy (non-hydrogen) atoms. The number of piperidine rings is 1. The minimum absolute atomic E-state index is 0.0868. The molecule has 1 amide bonds. The number of aryl methyl sites for hydroxylation is 1. The number of rotatable bonds is 4. The summed E-state index contributed by atoms with van der Waals surface area (Å²) in [7, 11) is 0. The molecule has 4 nitrogen and oxygen atoms in total. The lowest BCUT2D eigenvalue weighted by Gasteiger charge is -2.28. The smallest absolute Gasteiger partial charge is 0.224 e. The van der Waals surface area contributed by atoms with Crippen molar-refractivity contribution in [2.24, 2.45) is 11.8 Å². The van der Waals surface area contributed by atoms with Crippen LogP contribution >= 0.6 is 0 Å². The molecule has 1 saturated heterocycles. The standard InChI is InChI=1S/C15H23N3O/c1-11(13-4-3-7-16-9-13)8-15(19)18-14-6-5-12(2)17-10-14/h5-6,10-11,13,16H,3-4,7-9H2,1-2H3,(H,18,19). The minimum atomic E-state index is 0.0868. The second kappa shape index (κ2) is 6.66. The van der Waals surface area contributed by atoms with Crippen molar-refractivity contribution in [3.8, 4) is 0 Å². The molecular formula is C15H23N3O. The van der Waals surface area contributed by atoms with Gasteiger partial charge in [0.15, 0.2) is 0 Å². The summed E-state index contributed by atoms with van der Waals surface area (Å²) in [5.41, 5.74) is 1.74. The third kappa shape index (κ3) is 4.31. The molecule has 0 radical (unpaired) electrons. The van der Waals surface area contributed by atoms with E-state index in [2.05, 4.69) is 22.5 Å². The molecule has 0 spiro atoms. The number of hydrogen-bond acceptors (Lipinski definition) is 3. The van der Waals surface area contributed by atoms with Gasteiger partial charge in [-0.2, -0.15) is 0 Å². The van der Waals surface area contributed by atoms with Gasteiger partial charge in [0.25, 0.3) is 0 Å². The van der Waals surface area contributed by atoms with E-state index in [1.165, 1.54) is 12.8 Å². The number of pyridine rings is 1. The lowest BCUT2D eigenvalue weighted by Crippen LogP contribution is -2.34. The lowest BCUT2D eigenvalue weighted by atomic mass is 9.85. The summed E-state index contributed by atoms with van der Waals surface area (Å²) < 4.78 is 0. The third-order valence-corrected chi connectivity index (χ3v) is 3.84. The molecule has 0 aliphatic carbocycles. The predicted molar refractivity (Wildman–Crippen MR) is 77.0 cm³/mol. The first-order valence-corrected chi connectivity index (χ1v) is 7.08. The highest BCUT2D eigenvalue weighted by Crippen LogP contribution is 2.22. The number of amides is 1. The second-order valence-electron chi connectivity index (χ2n) is 5.52. The van der Waals surface area contributed by atoms with Crippen LogP contribution in [0.1, 0.15) is 31.9 Å². The molecule has 1 aliphatic rings. The Labute approximate surface area is 115 Å². The van der Waals surface area contributed by atoms with E-state index in [1.807, 2.05) is 19.1 Å². The molecular weight excluding hydrogens is 238 g/mol. The fraction of sp³-hybridized carbons (Fsp3) is 0.600. The molecule has 0 saturated carbocycles. The van der Waals surface area contributed by atoms with Gasteiger partial charge in [-0.15, -0.1) is 0 Å². The Hall–Kier alpha value is -1.42. The molecule has 4 heteroatoms. The van der Waals surface area contributed by atoms with Gasteiger partial charge < -0.3 is 10.6 Å². The molecule has 0 aromatic carbocycles. The Morgan fingerprint density at radius 2 is 2.42 bits per heavy atom. The molecule has 104 valence electrons. The van der Waals surface area contributed by atoms with E-state index in [4.69, 9.17) is 0 Å². The van der Waals surface area contributed by atoms with Crippen LogP contribution in [0.5, 0.6) is 0 Å². The maximum absolute atomic E-state index is 12.0. The Morgan fingerprint density at radius 1 is 1.58 bits per heavy atom. The quantitative estimate of drug-likeness (QED) is 0.874. The van der Waals surface area contributed by atoms with E-state index in [9.17, 15) is 4.79 Å². The van der Waals surface area contributed by atoms with Crippen LogP contribution in [0.2, 0.25) is 0 Å². The van der Waals surface area contributed by atoms with Crippen LogP contribution in [0.25, 0.3) is 0 Å². The van der Waals surface area contributed by atoms with Crippen molar-refractivity contribution in [2.75, 3.05) is 18.4 Å². The van der Waals surface area contributed by atoms with Crippen molar-refractivity contribution in [2.45, 2.75) is 33.1 Å². The van der Waals surface area contributed by atoms with Gasteiger partial charge in [-0.3, -0.25) is 9.78 Å². The molecule has 0 bridgehead atoms. The lowest BCUT2D eigenvalue weighted by molar-refractivity contribution is -0.117. The SMILES string of the molecule is Cc1ccc(NC(=O)CC(C)C2CCCNC2)cn1.